The average Bonchev–Trinajstić information content (AvgIpc) is 2.34. The van der Waals surface area contributed by atoms with E-state index >= 15 is 0 Å². The fraction of sp³-hybridized carbons (Fsp3) is 0.643. The summed E-state index contributed by atoms with van der Waals surface area (Å²) in [7, 11) is 0. The second-order valence-electron chi connectivity index (χ2n) is 3.33. The third-order valence-electron chi connectivity index (χ3n) is 2.31. The van der Waals surface area contributed by atoms with Gasteiger partial charge in [-0.15, -0.1) is 0 Å². The van der Waals surface area contributed by atoms with Gasteiger partial charge in [0.15, 0.2) is 0 Å². The van der Waals surface area contributed by atoms with Crippen LogP contribution in [0.3, 0.4) is 0 Å². The van der Waals surface area contributed by atoms with Crippen molar-refractivity contribution in [2.24, 2.45) is 0 Å². The summed E-state index contributed by atoms with van der Waals surface area (Å²) in [6, 6.07) is 2.28. The molecule has 1 nitrogen and oxygen atoms in total. The molecule has 0 aliphatic heterocycles. The number of hydrogen-bond donors (Lipinski definition) is 0. The van der Waals surface area contributed by atoms with E-state index in [0.717, 1.165) is 0 Å². The fourth-order valence-electron chi connectivity index (χ4n) is 1.71. The minimum absolute atomic E-state index is 1.19. The van der Waals surface area contributed by atoms with Crippen LogP contribution in [0.15, 0.2) is 12.3 Å². The largest absolute Gasteiger partial charge is 0.261 e. The molecule has 1 heteroatoms. The van der Waals surface area contributed by atoms with Crippen LogP contribution in [0.4, 0.5) is 0 Å². The highest BCUT2D eigenvalue weighted by Crippen LogP contribution is 2.19. The molecule has 0 aromatic carbocycles. The van der Waals surface area contributed by atoms with Crippen molar-refractivity contribution in [3.05, 3.63) is 29.1 Å². The van der Waals surface area contributed by atoms with Crippen molar-refractivity contribution in [1.82, 2.24) is 4.98 Å². The maximum atomic E-state index is 4.42. The van der Waals surface area contributed by atoms with Crippen LogP contribution in [0.5, 0.6) is 0 Å². The van der Waals surface area contributed by atoms with Gasteiger partial charge in [0.1, 0.15) is 0 Å². The van der Waals surface area contributed by atoms with Crippen molar-refractivity contribution in [2.45, 2.75) is 60.3 Å². The van der Waals surface area contributed by atoms with Gasteiger partial charge < -0.3 is 0 Å². The third-order valence-corrected chi connectivity index (χ3v) is 2.31. The molecule has 86 valence electrons. The van der Waals surface area contributed by atoms with Gasteiger partial charge in [-0.2, -0.15) is 0 Å². The van der Waals surface area contributed by atoms with Gasteiger partial charge in [-0.1, -0.05) is 33.8 Å². The molecular weight excluding hydrogens is 182 g/mol. The first-order valence-electron chi connectivity index (χ1n) is 6.30. The first kappa shape index (κ1) is 14.2. The third kappa shape index (κ3) is 4.46. The van der Waals surface area contributed by atoms with Gasteiger partial charge in [0, 0.05) is 11.9 Å². The lowest BCUT2D eigenvalue weighted by Gasteiger charge is -2.14. The van der Waals surface area contributed by atoms with Crippen molar-refractivity contribution in [3.63, 3.8) is 0 Å². The number of hydrogen-bond acceptors (Lipinski definition) is 1. The number of fused-ring (bicyclic) bond motifs is 1. The van der Waals surface area contributed by atoms with Crippen molar-refractivity contribution in [2.75, 3.05) is 0 Å². The number of aromatic nitrogens is 1. The van der Waals surface area contributed by atoms with Crippen LogP contribution >= 0.6 is 0 Å². The Balaban J connectivity index is 0.000000442. The normalized spacial score (nSPS) is 12.6. The van der Waals surface area contributed by atoms with E-state index < -0.39 is 0 Å². The summed E-state index contributed by atoms with van der Waals surface area (Å²) in [6.07, 6.45) is 7.07. The Morgan fingerprint density at radius 3 is 2.27 bits per heavy atom. The standard InChI is InChI=1S/C10H13N.2C2H6/c1-8-6-9-4-2-3-5-10(9)11-7-8;2*1-2/h6-7H,2-5H2,1H3;2*1-2H3. The van der Waals surface area contributed by atoms with Crippen LogP contribution in [-0.4, -0.2) is 4.98 Å². The predicted molar refractivity (Wildman–Crippen MR) is 68.3 cm³/mol. The Labute approximate surface area is 94.9 Å². The summed E-state index contributed by atoms with van der Waals surface area (Å²) in [6.45, 7) is 10.1. The van der Waals surface area contributed by atoms with E-state index in [4.69, 9.17) is 0 Å². The second kappa shape index (κ2) is 8.46. The lowest BCUT2D eigenvalue weighted by molar-refractivity contribution is 0.666. The summed E-state index contributed by atoms with van der Waals surface area (Å²) in [5.41, 5.74) is 4.11. The zero-order valence-electron chi connectivity index (χ0n) is 10.9. The lowest BCUT2D eigenvalue weighted by Crippen LogP contribution is -2.04. The minimum atomic E-state index is 1.19. The summed E-state index contributed by atoms with van der Waals surface area (Å²) in [4.78, 5) is 4.42. The van der Waals surface area contributed by atoms with Crippen LogP contribution < -0.4 is 0 Å². The molecule has 0 amide bonds. The molecule has 0 atom stereocenters. The smallest absolute Gasteiger partial charge is 0.0435 e. The second-order valence-corrected chi connectivity index (χ2v) is 3.33. The summed E-state index contributed by atoms with van der Waals surface area (Å²) < 4.78 is 0. The Morgan fingerprint density at radius 2 is 1.60 bits per heavy atom. The minimum Gasteiger partial charge on any atom is -0.261 e. The zero-order chi connectivity index (χ0) is 11.7. The van der Waals surface area contributed by atoms with Gasteiger partial charge in [-0.3, -0.25) is 4.98 Å². The van der Waals surface area contributed by atoms with Crippen LogP contribution in [0.1, 0.15) is 57.4 Å². The zero-order valence-corrected chi connectivity index (χ0v) is 10.9. The highest BCUT2D eigenvalue weighted by atomic mass is 14.7. The maximum absolute atomic E-state index is 4.42. The average molecular weight is 207 g/mol. The van der Waals surface area contributed by atoms with E-state index in [1.54, 1.807) is 0 Å². The van der Waals surface area contributed by atoms with E-state index in [9.17, 15) is 0 Å². The molecule has 0 saturated carbocycles. The highest BCUT2D eigenvalue weighted by Gasteiger charge is 2.09. The SMILES string of the molecule is CC.CC.Cc1cnc2c(c1)CCCC2. The van der Waals surface area contributed by atoms with Gasteiger partial charge in [0.25, 0.3) is 0 Å². The molecule has 0 saturated heterocycles. The Hall–Kier alpha value is -0.850. The molecule has 1 aliphatic rings. The molecule has 1 heterocycles. The van der Waals surface area contributed by atoms with Gasteiger partial charge in [-0.25, -0.2) is 0 Å². The van der Waals surface area contributed by atoms with Crippen LogP contribution in [-0.2, 0) is 12.8 Å². The Morgan fingerprint density at radius 1 is 1.00 bits per heavy atom. The molecule has 0 unspecified atom stereocenters. The molecule has 1 aromatic heterocycles. The van der Waals surface area contributed by atoms with Gasteiger partial charge >= 0.3 is 0 Å². The van der Waals surface area contributed by atoms with Crippen molar-refractivity contribution >= 4 is 0 Å². The van der Waals surface area contributed by atoms with Crippen LogP contribution in [0.25, 0.3) is 0 Å². The highest BCUT2D eigenvalue weighted by molar-refractivity contribution is 5.26. The lowest BCUT2D eigenvalue weighted by atomic mass is 9.95. The van der Waals surface area contributed by atoms with Gasteiger partial charge in [-0.05, 0) is 43.7 Å². The molecule has 0 bridgehead atoms. The molecule has 0 N–H and O–H groups in total. The van der Waals surface area contributed by atoms with Crippen molar-refractivity contribution < 1.29 is 0 Å². The van der Waals surface area contributed by atoms with E-state index in [1.807, 2.05) is 33.9 Å². The van der Waals surface area contributed by atoms with Crippen molar-refractivity contribution in [3.8, 4) is 0 Å². The molecule has 0 spiro atoms. The first-order chi connectivity index (χ1) is 7.36. The van der Waals surface area contributed by atoms with E-state index in [0.29, 0.717) is 0 Å². The number of pyridine rings is 1. The number of aryl methyl sites for hydroxylation is 3. The fourth-order valence-corrected chi connectivity index (χ4v) is 1.71. The Kier molecular flexibility index (Phi) is 7.98. The van der Waals surface area contributed by atoms with E-state index in [-0.39, 0.29) is 0 Å². The molecule has 0 fully saturated rings. The quantitative estimate of drug-likeness (QED) is 0.617. The van der Waals surface area contributed by atoms with E-state index in [1.165, 1.54) is 42.5 Å². The predicted octanol–water partition coefficient (Wildman–Crippen LogP) is 4.32. The summed E-state index contributed by atoms with van der Waals surface area (Å²) in [5, 5.41) is 0. The topological polar surface area (TPSA) is 12.9 Å². The van der Waals surface area contributed by atoms with Crippen molar-refractivity contribution in [1.29, 1.82) is 0 Å². The molecule has 2 rings (SSSR count). The summed E-state index contributed by atoms with van der Waals surface area (Å²) in [5.74, 6) is 0. The first-order valence-corrected chi connectivity index (χ1v) is 6.30. The number of nitrogens with zero attached hydrogens (tertiary/aromatic N) is 1. The molecule has 1 aromatic rings. The molecule has 15 heavy (non-hydrogen) atoms. The molecular formula is C14H25N. The maximum Gasteiger partial charge on any atom is 0.0435 e. The van der Waals surface area contributed by atoms with Gasteiger partial charge in [0.2, 0.25) is 0 Å². The monoisotopic (exact) mass is 207 g/mol. The van der Waals surface area contributed by atoms with Gasteiger partial charge in [0.05, 0.1) is 0 Å². The summed E-state index contributed by atoms with van der Waals surface area (Å²) >= 11 is 0. The molecule has 0 radical (unpaired) electrons. The van der Waals surface area contributed by atoms with Crippen LogP contribution in [0, 0.1) is 6.92 Å². The molecule has 1 aliphatic carbocycles. The van der Waals surface area contributed by atoms with Crippen LogP contribution in [0.2, 0.25) is 0 Å². The Bertz CT molecular complexity index is 266. The van der Waals surface area contributed by atoms with E-state index in [2.05, 4.69) is 18.0 Å². The number of rotatable bonds is 0.